The van der Waals surface area contributed by atoms with Crippen molar-refractivity contribution in [1.82, 2.24) is 15.2 Å². The summed E-state index contributed by atoms with van der Waals surface area (Å²) in [4.78, 5) is 35.1. The predicted octanol–water partition coefficient (Wildman–Crippen LogP) is 6.18. The first-order valence-electron chi connectivity index (χ1n) is 15.9. The second-order valence-electron chi connectivity index (χ2n) is 13.3. The van der Waals surface area contributed by atoms with Gasteiger partial charge in [-0.25, -0.2) is 9.78 Å². The summed E-state index contributed by atoms with van der Waals surface area (Å²) in [6.07, 6.45) is 0.882. The summed E-state index contributed by atoms with van der Waals surface area (Å²) < 4.78 is 17.4. The van der Waals surface area contributed by atoms with E-state index in [2.05, 4.69) is 58.1 Å². The normalized spacial score (nSPS) is 23.8. The molecule has 8 heteroatoms. The number of hydrogen-bond donors (Lipinski definition) is 1. The number of pyridine rings is 1. The van der Waals surface area contributed by atoms with Gasteiger partial charge in [-0.3, -0.25) is 4.79 Å². The summed E-state index contributed by atoms with van der Waals surface area (Å²) >= 11 is 0. The number of fused-ring (bicyclic) bond motifs is 1. The van der Waals surface area contributed by atoms with Crippen LogP contribution in [0.1, 0.15) is 83.0 Å². The first-order chi connectivity index (χ1) is 21.1. The maximum Gasteiger partial charge on any atom is 0.329 e. The highest BCUT2D eigenvalue weighted by atomic mass is 16.5. The highest BCUT2D eigenvalue weighted by molar-refractivity contribution is 5.89. The zero-order valence-electron chi connectivity index (χ0n) is 27.1. The molecule has 8 nitrogen and oxygen atoms in total. The molecule has 2 saturated heterocycles. The average molecular weight is 602 g/mol. The van der Waals surface area contributed by atoms with Crippen LogP contribution < -0.4 is 10.1 Å². The van der Waals surface area contributed by atoms with E-state index < -0.39 is 18.2 Å². The van der Waals surface area contributed by atoms with Crippen molar-refractivity contribution in [3.8, 4) is 5.88 Å². The molecule has 2 aromatic carbocycles. The van der Waals surface area contributed by atoms with Crippen LogP contribution in [0.15, 0.2) is 54.6 Å². The lowest BCUT2D eigenvalue weighted by Gasteiger charge is -2.36. The van der Waals surface area contributed by atoms with Crippen LogP contribution in [0.5, 0.6) is 5.88 Å². The molecule has 5 atom stereocenters. The number of hydrogen-bond acceptors (Lipinski definition) is 7. The fourth-order valence-electron chi connectivity index (χ4n) is 7.19. The molecule has 1 N–H and O–H groups in total. The Bertz CT molecular complexity index is 1480. The SMILES string of the molecule is CCOC(=O)[C@@H]1[C@@H](C(C)(C)C)[C@H](NCc2cc3ccccc3nc2OC)[C@H](c2ccccc2C(C)C)N1C(=O)[C@@H]1CCCO1. The van der Waals surface area contributed by atoms with Crippen molar-refractivity contribution in [2.45, 2.75) is 91.1 Å². The van der Waals surface area contributed by atoms with Gasteiger partial charge in [0.1, 0.15) is 12.1 Å². The number of benzene rings is 2. The van der Waals surface area contributed by atoms with Crippen molar-refractivity contribution in [2.24, 2.45) is 11.3 Å². The minimum absolute atomic E-state index is 0.146. The molecule has 2 aliphatic heterocycles. The molecule has 3 heterocycles. The molecule has 1 amide bonds. The van der Waals surface area contributed by atoms with Gasteiger partial charge in [0.05, 0.1) is 25.3 Å². The molecule has 0 bridgehead atoms. The second-order valence-corrected chi connectivity index (χ2v) is 13.3. The predicted molar refractivity (Wildman–Crippen MR) is 171 cm³/mol. The van der Waals surface area contributed by atoms with E-state index in [0.717, 1.165) is 34.0 Å². The Labute approximate surface area is 261 Å². The first-order valence-corrected chi connectivity index (χ1v) is 15.9. The number of aromatic nitrogens is 1. The Hall–Kier alpha value is -3.49. The molecule has 5 rings (SSSR count). The number of nitrogens with zero attached hydrogens (tertiary/aromatic N) is 2. The van der Waals surface area contributed by atoms with Crippen molar-refractivity contribution >= 4 is 22.8 Å². The number of likely N-dealkylation sites (tertiary alicyclic amines) is 1. The first kappa shape index (κ1) is 31.9. The molecule has 0 spiro atoms. The summed E-state index contributed by atoms with van der Waals surface area (Å²) in [6.45, 7) is 13.8. The van der Waals surface area contributed by atoms with E-state index in [1.807, 2.05) is 48.2 Å². The van der Waals surface area contributed by atoms with Gasteiger partial charge < -0.3 is 24.4 Å². The number of amides is 1. The molecule has 44 heavy (non-hydrogen) atoms. The smallest absolute Gasteiger partial charge is 0.329 e. The number of esters is 1. The summed E-state index contributed by atoms with van der Waals surface area (Å²) in [5.74, 6) is -0.0230. The quantitative estimate of drug-likeness (QED) is 0.293. The van der Waals surface area contributed by atoms with Crippen LogP contribution in [0, 0.1) is 11.3 Å². The molecule has 1 aromatic heterocycles. The molecular formula is C36H47N3O5. The lowest BCUT2D eigenvalue weighted by molar-refractivity contribution is -0.160. The van der Waals surface area contributed by atoms with Crippen LogP contribution in [0.3, 0.4) is 0 Å². The number of methoxy groups -OCH3 is 1. The largest absolute Gasteiger partial charge is 0.481 e. The minimum atomic E-state index is -0.786. The van der Waals surface area contributed by atoms with Gasteiger partial charge in [-0.1, -0.05) is 77.1 Å². The van der Waals surface area contributed by atoms with Crippen LogP contribution in [0.2, 0.25) is 0 Å². The number of ether oxygens (including phenoxy) is 3. The van der Waals surface area contributed by atoms with Crippen LogP contribution in [0.4, 0.5) is 0 Å². The fourth-order valence-corrected chi connectivity index (χ4v) is 7.19. The number of carbonyl (C=O) groups excluding carboxylic acids is 2. The summed E-state index contributed by atoms with van der Waals surface area (Å²) in [5.41, 5.74) is 3.59. The highest BCUT2D eigenvalue weighted by Gasteiger charge is 2.59. The maximum atomic E-state index is 14.5. The maximum absolute atomic E-state index is 14.5. The van der Waals surface area contributed by atoms with Gasteiger partial charge in [-0.2, -0.15) is 0 Å². The second kappa shape index (κ2) is 13.2. The van der Waals surface area contributed by atoms with E-state index >= 15 is 0 Å². The van der Waals surface area contributed by atoms with Gasteiger partial charge in [0.2, 0.25) is 5.88 Å². The highest BCUT2D eigenvalue weighted by Crippen LogP contribution is 2.50. The van der Waals surface area contributed by atoms with Crippen molar-refractivity contribution in [2.75, 3.05) is 20.3 Å². The van der Waals surface area contributed by atoms with Gasteiger partial charge >= 0.3 is 5.97 Å². The number of para-hydroxylation sites is 1. The van der Waals surface area contributed by atoms with E-state index in [9.17, 15) is 9.59 Å². The number of nitrogens with one attached hydrogen (secondary N) is 1. The lowest BCUT2D eigenvalue weighted by Crippen LogP contribution is -2.50. The molecule has 0 saturated carbocycles. The molecule has 236 valence electrons. The van der Waals surface area contributed by atoms with Crippen molar-refractivity contribution < 1.29 is 23.8 Å². The number of rotatable bonds is 9. The van der Waals surface area contributed by atoms with Crippen LogP contribution >= 0.6 is 0 Å². The molecule has 2 aliphatic rings. The van der Waals surface area contributed by atoms with Crippen molar-refractivity contribution in [3.05, 3.63) is 71.3 Å². The van der Waals surface area contributed by atoms with E-state index in [1.165, 1.54) is 0 Å². The fraction of sp³-hybridized carbons (Fsp3) is 0.528. The van der Waals surface area contributed by atoms with E-state index in [1.54, 1.807) is 7.11 Å². The van der Waals surface area contributed by atoms with Crippen LogP contribution in [-0.4, -0.2) is 60.3 Å². The van der Waals surface area contributed by atoms with E-state index in [4.69, 9.17) is 19.2 Å². The van der Waals surface area contributed by atoms with E-state index in [0.29, 0.717) is 25.5 Å². The number of carbonyl (C=O) groups is 2. The van der Waals surface area contributed by atoms with Crippen LogP contribution in [0.25, 0.3) is 10.9 Å². The third-order valence-corrected chi connectivity index (χ3v) is 9.08. The van der Waals surface area contributed by atoms with Crippen LogP contribution in [-0.2, 0) is 25.6 Å². The van der Waals surface area contributed by atoms with Gasteiger partial charge in [-0.05, 0) is 54.4 Å². The van der Waals surface area contributed by atoms with Gasteiger partial charge in [-0.15, -0.1) is 0 Å². The lowest BCUT2D eigenvalue weighted by atomic mass is 9.72. The third-order valence-electron chi connectivity index (χ3n) is 9.08. The molecule has 0 unspecified atom stereocenters. The minimum Gasteiger partial charge on any atom is -0.481 e. The summed E-state index contributed by atoms with van der Waals surface area (Å²) in [5, 5.41) is 4.87. The Balaban J connectivity index is 1.67. The van der Waals surface area contributed by atoms with Gasteiger partial charge in [0.15, 0.2) is 0 Å². The topological polar surface area (TPSA) is 90.0 Å². The standard InChI is InChI=1S/C36H47N3O5/c1-8-43-35(41)32-29(36(4,5)6)30(37-21-24-20-23-14-9-12-17-27(23)38-33(24)42-7)31(26-16-11-10-15-25(26)22(2)3)39(32)34(40)28-18-13-19-44-28/h9-12,14-17,20,22,28-32,37H,8,13,18-19,21H2,1-7H3/t28-,29-,30-,31-,32-/m0/s1. The van der Waals surface area contributed by atoms with E-state index in [-0.39, 0.29) is 41.8 Å². The monoisotopic (exact) mass is 601 g/mol. The molecule has 2 fully saturated rings. The third kappa shape index (κ3) is 6.20. The summed E-state index contributed by atoms with van der Waals surface area (Å²) in [7, 11) is 1.63. The van der Waals surface area contributed by atoms with Crippen molar-refractivity contribution in [3.63, 3.8) is 0 Å². The average Bonchev–Trinajstić information content (AvgIpc) is 3.66. The Kier molecular flexibility index (Phi) is 9.61. The van der Waals surface area contributed by atoms with Crippen molar-refractivity contribution in [1.29, 1.82) is 0 Å². The zero-order valence-corrected chi connectivity index (χ0v) is 27.1. The Morgan fingerprint density at radius 1 is 1.11 bits per heavy atom. The molecule has 0 aliphatic carbocycles. The molecule has 3 aromatic rings. The van der Waals surface area contributed by atoms with Gasteiger partial charge in [0.25, 0.3) is 5.91 Å². The molecule has 0 radical (unpaired) electrons. The Morgan fingerprint density at radius 2 is 1.84 bits per heavy atom. The zero-order chi connectivity index (χ0) is 31.6. The molecular weight excluding hydrogens is 554 g/mol. The summed E-state index contributed by atoms with van der Waals surface area (Å²) in [6, 6.07) is 16.9. The van der Waals surface area contributed by atoms with Gasteiger partial charge in [0, 0.05) is 36.1 Å². The Morgan fingerprint density at radius 3 is 2.50 bits per heavy atom.